The molecule has 1 heteroatoms. The van der Waals surface area contributed by atoms with Gasteiger partial charge in [0.15, 0.2) is 0 Å². The number of allylic oxidation sites excluding steroid dienone is 2. The molecule has 0 saturated heterocycles. The number of aliphatic hydroxyl groups is 1. The summed E-state index contributed by atoms with van der Waals surface area (Å²) in [4.78, 5) is 0. The topological polar surface area (TPSA) is 20.2 Å². The summed E-state index contributed by atoms with van der Waals surface area (Å²) < 4.78 is 0. The molecule has 8 atom stereocenters. The van der Waals surface area contributed by atoms with E-state index in [9.17, 15) is 5.11 Å². The van der Waals surface area contributed by atoms with Crippen LogP contribution in [0.15, 0.2) is 11.6 Å². The monoisotopic (exact) mass is 426 g/mol. The van der Waals surface area contributed by atoms with Gasteiger partial charge in [-0.25, -0.2) is 0 Å². The van der Waals surface area contributed by atoms with E-state index in [1.54, 1.807) is 0 Å². The Kier molecular flexibility index (Phi) is 4.66. The second-order valence-electron chi connectivity index (χ2n) is 15.3. The molecule has 5 aliphatic carbocycles. The van der Waals surface area contributed by atoms with Gasteiger partial charge in [-0.1, -0.05) is 67.0 Å². The Labute approximate surface area is 192 Å². The first-order chi connectivity index (χ1) is 14.2. The molecule has 1 nitrogen and oxygen atoms in total. The summed E-state index contributed by atoms with van der Waals surface area (Å²) in [5.41, 5.74) is 4.07. The van der Waals surface area contributed by atoms with Gasteiger partial charge in [-0.05, 0) is 114 Å². The van der Waals surface area contributed by atoms with Crippen LogP contribution < -0.4 is 0 Å². The summed E-state index contributed by atoms with van der Waals surface area (Å²) in [6.07, 6.45) is 15.8. The molecule has 1 N–H and O–H groups in total. The van der Waals surface area contributed by atoms with Crippen LogP contribution in [0.2, 0.25) is 0 Å². The number of hydrogen-bond donors (Lipinski definition) is 1. The highest BCUT2D eigenvalue weighted by Crippen LogP contribution is 2.74. The minimum atomic E-state index is -0.122. The zero-order valence-electron chi connectivity index (χ0n) is 21.9. The fraction of sp³-hybridized carbons (Fsp3) is 0.933. The van der Waals surface area contributed by atoms with E-state index in [0.717, 1.165) is 18.3 Å². The van der Waals surface area contributed by atoms with Crippen LogP contribution in [0.25, 0.3) is 0 Å². The maximum Gasteiger partial charge on any atom is 0.0594 e. The zero-order chi connectivity index (χ0) is 22.7. The van der Waals surface area contributed by atoms with Crippen molar-refractivity contribution < 1.29 is 5.11 Å². The molecule has 0 radical (unpaired) electrons. The molecule has 0 unspecified atom stereocenters. The molecule has 0 aromatic carbocycles. The van der Waals surface area contributed by atoms with Crippen molar-refractivity contribution in [3.63, 3.8) is 0 Å². The molecular formula is C30H50O. The van der Waals surface area contributed by atoms with Gasteiger partial charge in [0.25, 0.3) is 0 Å². The van der Waals surface area contributed by atoms with Gasteiger partial charge in [-0.2, -0.15) is 0 Å². The van der Waals surface area contributed by atoms with Gasteiger partial charge < -0.3 is 5.11 Å². The Hall–Kier alpha value is -0.300. The van der Waals surface area contributed by atoms with Gasteiger partial charge in [-0.15, -0.1) is 0 Å². The Morgan fingerprint density at radius 1 is 0.710 bits per heavy atom. The Bertz CT molecular complexity index is 790. The van der Waals surface area contributed by atoms with Crippen molar-refractivity contribution in [3.05, 3.63) is 11.6 Å². The molecule has 0 spiro atoms. The highest BCUT2D eigenvalue weighted by atomic mass is 16.3. The highest BCUT2D eigenvalue weighted by molar-refractivity contribution is 5.34. The average Bonchev–Trinajstić information content (AvgIpc) is 2.66. The Morgan fingerprint density at radius 2 is 1.32 bits per heavy atom. The molecule has 4 fully saturated rings. The van der Waals surface area contributed by atoms with E-state index in [4.69, 9.17) is 0 Å². The van der Waals surface area contributed by atoms with Crippen molar-refractivity contribution in [2.24, 2.45) is 50.2 Å². The van der Waals surface area contributed by atoms with Crippen LogP contribution in [0.5, 0.6) is 0 Å². The molecule has 5 rings (SSSR count). The number of rotatable bonds is 0. The summed E-state index contributed by atoms with van der Waals surface area (Å²) >= 11 is 0. The zero-order valence-corrected chi connectivity index (χ0v) is 21.9. The molecular weight excluding hydrogens is 376 g/mol. The lowest BCUT2D eigenvalue weighted by Gasteiger charge is -2.70. The van der Waals surface area contributed by atoms with Crippen molar-refractivity contribution in [3.8, 4) is 0 Å². The van der Waals surface area contributed by atoms with Crippen LogP contribution in [0.1, 0.15) is 120 Å². The first kappa shape index (κ1) is 22.5. The SMILES string of the molecule is CC1(C)CC[C@]2(C)CC=C3[C@]4(C)CC[C@@H]5C(C)(C)[C@@H](O)CC[C@]5(C)[C@@H]4CC[C@@]3(C)[C@H]2C1. The normalized spacial score (nSPS) is 55.2. The molecule has 0 heterocycles. The van der Waals surface area contributed by atoms with E-state index in [0.29, 0.717) is 33.0 Å². The minimum absolute atomic E-state index is 0.0575. The second-order valence-corrected chi connectivity index (χ2v) is 15.3. The number of hydrogen-bond acceptors (Lipinski definition) is 1. The first-order valence-corrected chi connectivity index (χ1v) is 13.6. The summed E-state index contributed by atoms with van der Waals surface area (Å²) in [6, 6.07) is 0. The predicted molar refractivity (Wildman–Crippen MR) is 131 cm³/mol. The molecule has 4 saturated carbocycles. The molecule has 31 heavy (non-hydrogen) atoms. The maximum absolute atomic E-state index is 10.9. The third kappa shape index (κ3) is 2.83. The van der Waals surface area contributed by atoms with Crippen LogP contribution in [-0.2, 0) is 0 Å². The largest absolute Gasteiger partial charge is 0.393 e. The van der Waals surface area contributed by atoms with Gasteiger partial charge >= 0.3 is 0 Å². The van der Waals surface area contributed by atoms with Crippen LogP contribution in [-0.4, -0.2) is 11.2 Å². The summed E-state index contributed by atoms with van der Waals surface area (Å²) in [7, 11) is 0. The molecule has 0 amide bonds. The lowest BCUT2D eigenvalue weighted by Crippen LogP contribution is -2.63. The Balaban J connectivity index is 1.56. The third-order valence-corrected chi connectivity index (χ3v) is 12.7. The van der Waals surface area contributed by atoms with Gasteiger partial charge in [0, 0.05) is 0 Å². The number of fused-ring (bicyclic) bond motifs is 7. The van der Waals surface area contributed by atoms with E-state index >= 15 is 0 Å². The minimum Gasteiger partial charge on any atom is -0.393 e. The van der Waals surface area contributed by atoms with Gasteiger partial charge in [-0.3, -0.25) is 0 Å². The Morgan fingerprint density at radius 3 is 2.00 bits per heavy atom. The van der Waals surface area contributed by atoms with Crippen LogP contribution in [0, 0.1) is 50.2 Å². The molecule has 0 aliphatic heterocycles. The van der Waals surface area contributed by atoms with E-state index < -0.39 is 0 Å². The molecule has 0 aromatic rings. The summed E-state index contributed by atoms with van der Waals surface area (Å²) in [6.45, 7) is 20.4. The predicted octanol–water partition coefficient (Wildman–Crippen LogP) is 8.17. The molecule has 5 aliphatic rings. The van der Waals surface area contributed by atoms with Crippen molar-refractivity contribution in [2.45, 2.75) is 126 Å². The fourth-order valence-electron chi connectivity index (χ4n) is 10.8. The summed E-state index contributed by atoms with van der Waals surface area (Å²) in [5.74, 6) is 2.29. The molecule has 176 valence electrons. The van der Waals surface area contributed by atoms with Crippen LogP contribution in [0.4, 0.5) is 0 Å². The van der Waals surface area contributed by atoms with Crippen molar-refractivity contribution in [1.29, 1.82) is 0 Å². The van der Waals surface area contributed by atoms with Gasteiger partial charge in [0.05, 0.1) is 6.10 Å². The standard InChI is InChI=1S/C30H50O/c1-25(2)17-18-27(5)13-9-21-29(7)14-10-20-26(3,4)24(31)12-16-28(20,6)22(29)11-15-30(21,8)23(27)19-25/h9,20,22-24,31H,10-19H2,1-8H3/t20-,22+,23+,24+,27+,28+,29+,30-/m1/s1. The smallest absolute Gasteiger partial charge is 0.0594 e. The highest BCUT2D eigenvalue weighted by Gasteiger charge is 2.66. The third-order valence-electron chi connectivity index (χ3n) is 12.7. The van der Waals surface area contributed by atoms with Crippen molar-refractivity contribution in [2.75, 3.05) is 0 Å². The first-order valence-electron chi connectivity index (χ1n) is 13.6. The second kappa shape index (κ2) is 6.43. The molecule has 0 bridgehead atoms. The van der Waals surface area contributed by atoms with Crippen LogP contribution >= 0.6 is 0 Å². The lowest BCUT2D eigenvalue weighted by molar-refractivity contribution is -0.184. The fourth-order valence-corrected chi connectivity index (χ4v) is 10.8. The van der Waals surface area contributed by atoms with Crippen LogP contribution in [0.3, 0.4) is 0 Å². The maximum atomic E-state index is 10.9. The van der Waals surface area contributed by atoms with E-state index in [1.165, 1.54) is 57.8 Å². The number of aliphatic hydroxyl groups excluding tert-OH is 1. The van der Waals surface area contributed by atoms with Crippen molar-refractivity contribution in [1.82, 2.24) is 0 Å². The summed E-state index contributed by atoms with van der Waals surface area (Å²) in [5, 5.41) is 10.9. The van der Waals surface area contributed by atoms with Crippen molar-refractivity contribution >= 4 is 0 Å². The van der Waals surface area contributed by atoms with Gasteiger partial charge in [0.1, 0.15) is 0 Å². The van der Waals surface area contributed by atoms with Gasteiger partial charge in [0.2, 0.25) is 0 Å². The average molecular weight is 427 g/mol. The van der Waals surface area contributed by atoms with E-state index in [-0.39, 0.29) is 11.5 Å². The lowest BCUT2D eigenvalue weighted by atomic mass is 9.35. The van der Waals surface area contributed by atoms with E-state index in [2.05, 4.69) is 61.5 Å². The molecule has 0 aromatic heterocycles. The van der Waals surface area contributed by atoms with E-state index in [1.807, 2.05) is 5.57 Å². The quantitative estimate of drug-likeness (QED) is 0.387.